The van der Waals surface area contributed by atoms with Gasteiger partial charge in [0, 0.05) is 23.2 Å². The SMILES string of the molecule is CCC(CC)NC(=O)c1ccc(C)c([N+](=O)[O-])c1. The van der Waals surface area contributed by atoms with Gasteiger partial charge in [-0.3, -0.25) is 14.9 Å². The monoisotopic (exact) mass is 250 g/mol. The number of carbonyl (C=O) groups is 1. The van der Waals surface area contributed by atoms with Crippen molar-refractivity contribution in [2.75, 3.05) is 0 Å². The van der Waals surface area contributed by atoms with E-state index in [0.29, 0.717) is 11.1 Å². The van der Waals surface area contributed by atoms with Gasteiger partial charge in [0.05, 0.1) is 4.92 Å². The summed E-state index contributed by atoms with van der Waals surface area (Å²) in [6, 6.07) is 4.64. The Kier molecular flexibility index (Phi) is 4.83. The zero-order valence-corrected chi connectivity index (χ0v) is 10.9. The van der Waals surface area contributed by atoms with E-state index in [9.17, 15) is 14.9 Å². The van der Waals surface area contributed by atoms with E-state index in [-0.39, 0.29) is 17.6 Å². The van der Waals surface area contributed by atoms with Crippen molar-refractivity contribution in [3.05, 3.63) is 39.4 Å². The van der Waals surface area contributed by atoms with Gasteiger partial charge in [0.2, 0.25) is 0 Å². The predicted molar refractivity (Wildman–Crippen MR) is 69.7 cm³/mol. The highest BCUT2D eigenvalue weighted by molar-refractivity contribution is 5.95. The predicted octanol–water partition coefficient (Wildman–Crippen LogP) is 2.82. The first-order valence-electron chi connectivity index (χ1n) is 6.05. The first-order chi connectivity index (χ1) is 8.49. The fraction of sp³-hybridized carbons (Fsp3) is 0.462. The molecule has 0 aliphatic carbocycles. The van der Waals surface area contributed by atoms with Crippen LogP contribution in [0.4, 0.5) is 5.69 Å². The number of nitrogens with one attached hydrogen (secondary N) is 1. The summed E-state index contributed by atoms with van der Waals surface area (Å²) in [5.41, 5.74) is 0.866. The number of hydrogen-bond donors (Lipinski definition) is 1. The number of nitrogens with zero attached hydrogens (tertiary/aromatic N) is 1. The van der Waals surface area contributed by atoms with E-state index in [1.807, 2.05) is 13.8 Å². The molecule has 18 heavy (non-hydrogen) atoms. The summed E-state index contributed by atoms with van der Waals surface area (Å²) < 4.78 is 0. The second-order valence-corrected chi connectivity index (χ2v) is 4.25. The van der Waals surface area contributed by atoms with Gasteiger partial charge in [-0.1, -0.05) is 19.9 Å². The molecule has 0 saturated heterocycles. The van der Waals surface area contributed by atoms with Gasteiger partial charge < -0.3 is 5.32 Å². The van der Waals surface area contributed by atoms with E-state index in [4.69, 9.17) is 0 Å². The van der Waals surface area contributed by atoms with Crippen molar-refractivity contribution < 1.29 is 9.72 Å². The summed E-state index contributed by atoms with van der Waals surface area (Å²) in [6.45, 7) is 5.64. The molecule has 0 bridgehead atoms. The molecule has 1 aromatic rings. The van der Waals surface area contributed by atoms with E-state index >= 15 is 0 Å². The fourth-order valence-electron chi connectivity index (χ4n) is 1.71. The Balaban J connectivity index is 2.93. The van der Waals surface area contributed by atoms with Crippen LogP contribution in [0, 0.1) is 17.0 Å². The van der Waals surface area contributed by atoms with Gasteiger partial charge in [-0.15, -0.1) is 0 Å². The van der Waals surface area contributed by atoms with Gasteiger partial charge in [-0.05, 0) is 25.8 Å². The van der Waals surface area contributed by atoms with Crippen molar-refractivity contribution in [3.8, 4) is 0 Å². The molecule has 0 heterocycles. The molecule has 0 aliphatic rings. The summed E-state index contributed by atoms with van der Waals surface area (Å²) >= 11 is 0. The number of carbonyl (C=O) groups excluding carboxylic acids is 1. The standard InChI is InChI=1S/C13H18N2O3/c1-4-11(5-2)14-13(16)10-7-6-9(3)12(8-10)15(17)18/h6-8,11H,4-5H2,1-3H3,(H,14,16). The third-order valence-corrected chi connectivity index (χ3v) is 2.99. The molecule has 0 radical (unpaired) electrons. The molecule has 1 amide bonds. The van der Waals surface area contributed by atoms with Crippen LogP contribution in [0.25, 0.3) is 0 Å². The molecule has 0 spiro atoms. The lowest BCUT2D eigenvalue weighted by molar-refractivity contribution is -0.385. The summed E-state index contributed by atoms with van der Waals surface area (Å²) in [6.07, 6.45) is 1.69. The Morgan fingerprint density at radius 2 is 2.00 bits per heavy atom. The number of nitro benzene ring substituents is 1. The lowest BCUT2D eigenvalue weighted by atomic mass is 10.1. The highest BCUT2D eigenvalue weighted by Gasteiger charge is 2.16. The van der Waals surface area contributed by atoms with Crippen LogP contribution in [-0.2, 0) is 0 Å². The first kappa shape index (κ1) is 14.2. The maximum atomic E-state index is 11.9. The van der Waals surface area contributed by atoms with Gasteiger partial charge in [0.1, 0.15) is 0 Å². The normalized spacial score (nSPS) is 10.4. The maximum Gasteiger partial charge on any atom is 0.273 e. The van der Waals surface area contributed by atoms with Gasteiger partial charge in [-0.2, -0.15) is 0 Å². The minimum absolute atomic E-state index is 0.0211. The van der Waals surface area contributed by atoms with Crippen LogP contribution < -0.4 is 5.32 Å². The van der Waals surface area contributed by atoms with Crippen LogP contribution in [0.5, 0.6) is 0 Å². The molecule has 1 rings (SSSR count). The topological polar surface area (TPSA) is 72.2 Å². The van der Waals surface area contributed by atoms with Crippen molar-refractivity contribution >= 4 is 11.6 Å². The fourth-order valence-corrected chi connectivity index (χ4v) is 1.71. The summed E-state index contributed by atoms with van der Waals surface area (Å²) in [5.74, 6) is -0.258. The van der Waals surface area contributed by atoms with Crippen molar-refractivity contribution in [1.29, 1.82) is 0 Å². The quantitative estimate of drug-likeness (QED) is 0.645. The second kappa shape index (κ2) is 6.14. The third-order valence-electron chi connectivity index (χ3n) is 2.99. The minimum Gasteiger partial charge on any atom is -0.349 e. The van der Waals surface area contributed by atoms with Gasteiger partial charge in [0.25, 0.3) is 11.6 Å². The van der Waals surface area contributed by atoms with E-state index in [1.54, 1.807) is 19.1 Å². The molecule has 5 heteroatoms. The van der Waals surface area contributed by atoms with E-state index in [1.165, 1.54) is 6.07 Å². The minimum atomic E-state index is -0.469. The number of benzene rings is 1. The Morgan fingerprint density at radius 1 is 1.39 bits per heavy atom. The van der Waals surface area contributed by atoms with Crippen LogP contribution in [0.1, 0.15) is 42.6 Å². The number of amides is 1. The average molecular weight is 250 g/mol. The zero-order chi connectivity index (χ0) is 13.7. The van der Waals surface area contributed by atoms with Crippen molar-refractivity contribution in [2.45, 2.75) is 39.7 Å². The Morgan fingerprint density at radius 3 is 2.50 bits per heavy atom. The molecule has 1 N–H and O–H groups in total. The molecule has 1 aromatic carbocycles. The van der Waals surface area contributed by atoms with Crippen LogP contribution in [-0.4, -0.2) is 16.9 Å². The summed E-state index contributed by atoms with van der Waals surface area (Å²) in [4.78, 5) is 22.3. The molecule has 0 saturated carbocycles. The van der Waals surface area contributed by atoms with Crippen LogP contribution in [0.3, 0.4) is 0 Å². The van der Waals surface area contributed by atoms with Crippen molar-refractivity contribution in [1.82, 2.24) is 5.32 Å². The summed E-state index contributed by atoms with van der Waals surface area (Å²) in [7, 11) is 0. The second-order valence-electron chi connectivity index (χ2n) is 4.25. The first-order valence-corrected chi connectivity index (χ1v) is 6.05. The molecular formula is C13H18N2O3. The Hall–Kier alpha value is -1.91. The van der Waals surface area contributed by atoms with E-state index < -0.39 is 4.92 Å². The lowest BCUT2D eigenvalue weighted by Crippen LogP contribution is -2.33. The average Bonchev–Trinajstić information content (AvgIpc) is 2.35. The molecule has 0 aromatic heterocycles. The highest BCUT2D eigenvalue weighted by Crippen LogP contribution is 2.19. The summed E-state index contributed by atoms with van der Waals surface area (Å²) in [5, 5.41) is 13.7. The van der Waals surface area contributed by atoms with Crippen LogP contribution in [0.2, 0.25) is 0 Å². The van der Waals surface area contributed by atoms with E-state index in [0.717, 1.165) is 12.8 Å². The molecule has 98 valence electrons. The highest BCUT2D eigenvalue weighted by atomic mass is 16.6. The van der Waals surface area contributed by atoms with Crippen LogP contribution >= 0.6 is 0 Å². The Bertz CT molecular complexity index is 454. The smallest absolute Gasteiger partial charge is 0.273 e. The lowest BCUT2D eigenvalue weighted by Gasteiger charge is -2.14. The largest absolute Gasteiger partial charge is 0.349 e. The molecular weight excluding hydrogens is 232 g/mol. The molecule has 5 nitrogen and oxygen atoms in total. The van der Waals surface area contributed by atoms with Crippen molar-refractivity contribution in [2.24, 2.45) is 0 Å². The molecule has 0 atom stereocenters. The number of rotatable bonds is 5. The molecule has 0 unspecified atom stereocenters. The molecule has 0 aliphatic heterocycles. The third kappa shape index (κ3) is 3.29. The Labute approximate surface area is 106 Å². The van der Waals surface area contributed by atoms with Crippen molar-refractivity contribution in [3.63, 3.8) is 0 Å². The van der Waals surface area contributed by atoms with Gasteiger partial charge in [-0.25, -0.2) is 0 Å². The van der Waals surface area contributed by atoms with Gasteiger partial charge >= 0.3 is 0 Å². The number of hydrogen-bond acceptors (Lipinski definition) is 3. The maximum absolute atomic E-state index is 11.9. The van der Waals surface area contributed by atoms with Crippen LogP contribution in [0.15, 0.2) is 18.2 Å². The van der Waals surface area contributed by atoms with Gasteiger partial charge in [0.15, 0.2) is 0 Å². The number of aryl methyl sites for hydroxylation is 1. The zero-order valence-electron chi connectivity index (χ0n) is 10.9. The van der Waals surface area contributed by atoms with E-state index in [2.05, 4.69) is 5.32 Å². The molecule has 0 fully saturated rings. The number of nitro groups is 1.